The Morgan fingerprint density at radius 1 is 0.447 bits per heavy atom. The standard InChI is InChI=1S/C33H55N5O9/c1-20(11-21(2)39)12-31(45)37-29(16-25(6)43)19-33(47)36-26(13-22(3)40)9-8-10-35-30(44)18-28(15-24(5)42)38-32(46)17-27(34-7)14-23(4)41/h20,26-29,34H,8-19H2,1-7H3,(H,35,44)(H,36,47)(H,37,45)(H,38,46). The largest absolute Gasteiger partial charge is 0.356 e. The van der Waals surface area contributed by atoms with E-state index in [0.717, 1.165) is 0 Å². The summed E-state index contributed by atoms with van der Waals surface area (Å²) in [6, 6.07) is -2.38. The van der Waals surface area contributed by atoms with E-state index in [0.29, 0.717) is 12.8 Å². The lowest BCUT2D eigenvalue weighted by atomic mass is 10.00. The zero-order valence-corrected chi connectivity index (χ0v) is 29.0. The average molecular weight is 666 g/mol. The van der Waals surface area contributed by atoms with Gasteiger partial charge in [0.1, 0.15) is 28.9 Å². The van der Waals surface area contributed by atoms with Crippen LogP contribution in [0.3, 0.4) is 0 Å². The number of ketones is 5. The molecule has 0 saturated heterocycles. The van der Waals surface area contributed by atoms with Gasteiger partial charge in [-0.1, -0.05) is 6.92 Å². The topological polar surface area (TPSA) is 214 Å². The molecule has 0 fully saturated rings. The van der Waals surface area contributed by atoms with Crippen molar-refractivity contribution in [3.05, 3.63) is 0 Å². The molecule has 0 aliphatic rings. The number of carbonyl (C=O) groups excluding carboxylic acids is 9. The van der Waals surface area contributed by atoms with Gasteiger partial charge in [-0.2, -0.15) is 0 Å². The van der Waals surface area contributed by atoms with Crippen molar-refractivity contribution in [2.75, 3.05) is 13.6 Å². The first-order valence-corrected chi connectivity index (χ1v) is 16.2. The van der Waals surface area contributed by atoms with Crippen LogP contribution in [0.1, 0.15) is 112 Å². The Balaban J connectivity index is 5.04. The van der Waals surface area contributed by atoms with E-state index in [1.807, 2.05) is 0 Å². The Bertz CT molecular complexity index is 1120. The van der Waals surface area contributed by atoms with Crippen LogP contribution in [-0.4, -0.2) is 90.3 Å². The second kappa shape index (κ2) is 23.5. The van der Waals surface area contributed by atoms with Crippen LogP contribution in [0.25, 0.3) is 0 Å². The zero-order valence-electron chi connectivity index (χ0n) is 29.0. The van der Waals surface area contributed by atoms with Crippen LogP contribution in [0.4, 0.5) is 0 Å². The van der Waals surface area contributed by atoms with E-state index in [9.17, 15) is 43.2 Å². The van der Waals surface area contributed by atoms with Gasteiger partial charge < -0.3 is 31.4 Å². The van der Waals surface area contributed by atoms with Gasteiger partial charge >= 0.3 is 0 Å². The molecule has 0 aromatic heterocycles. The zero-order chi connectivity index (χ0) is 36.1. The summed E-state index contributed by atoms with van der Waals surface area (Å²) in [5.74, 6) is -2.46. The monoisotopic (exact) mass is 665 g/mol. The van der Waals surface area contributed by atoms with Crippen molar-refractivity contribution in [1.29, 1.82) is 0 Å². The van der Waals surface area contributed by atoms with Crippen LogP contribution in [0.5, 0.6) is 0 Å². The number of nitrogens with one attached hydrogen (secondary N) is 5. The summed E-state index contributed by atoms with van der Waals surface area (Å²) in [7, 11) is 1.64. The average Bonchev–Trinajstić information content (AvgIpc) is 2.88. The summed E-state index contributed by atoms with van der Waals surface area (Å²) in [6.07, 6.45) is 0.921. The van der Waals surface area contributed by atoms with E-state index in [4.69, 9.17) is 0 Å². The molecule has 0 saturated carbocycles. The molecule has 0 radical (unpaired) electrons. The molecule has 5 atom stereocenters. The van der Waals surface area contributed by atoms with E-state index in [2.05, 4.69) is 26.6 Å². The molecule has 0 aromatic rings. The molecule has 0 spiro atoms. The van der Waals surface area contributed by atoms with Crippen molar-refractivity contribution in [1.82, 2.24) is 26.6 Å². The third-order valence-corrected chi connectivity index (χ3v) is 7.16. The van der Waals surface area contributed by atoms with E-state index >= 15 is 0 Å². The number of Topliss-reactive ketones (excluding diaryl/α,β-unsaturated/α-hetero) is 5. The predicted molar refractivity (Wildman–Crippen MR) is 175 cm³/mol. The van der Waals surface area contributed by atoms with Gasteiger partial charge in [0.05, 0.1) is 0 Å². The first kappa shape index (κ1) is 43.2. The second-order valence-corrected chi connectivity index (χ2v) is 12.7. The first-order valence-electron chi connectivity index (χ1n) is 16.2. The van der Waals surface area contributed by atoms with E-state index in [1.54, 1.807) is 14.0 Å². The minimum atomic E-state index is -0.747. The minimum Gasteiger partial charge on any atom is -0.356 e. The first-order chi connectivity index (χ1) is 21.9. The highest BCUT2D eigenvalue weighted by molar-refractivity contribution is 5.85. The maximum atomic E-state index is 12.9. The van der Waals surface area contributed by atoms with E-state index in [1.165, 1.54) is 34.6 Å². The normalized spacial score (nSPS) is 14.0. The van der Waals surface area contributed by atoms with Crippen molar-refractivity contribution in [2.24, 2.45) is 5.92 Å². The van der Waals surface area contributed by atoms with Gasteiger partial charge in [0.15, 0.2) is 0 Å². The van der Waals surface area contributed by atoms with Gasteiger partial charge in [0, 0.05) is 88.5 Å². The molecule has 5 N–H and O–H groups in total. The molecule has 0 aromatic carbocycles. The van der Waals surface area contributed by atoms with Gasteiger partial charge in [-0.15, -0.1) is 0 Å². The Morgan fingerprint density at radius 2 is 0.809 bits per heavy atom. The van der Waals surface area contributed by atoms with E-state index in [-0.39, 0.29) is 117 Å². The fourth-order valence-corrected chi connectivity index (χ4v) is 5.30. The highest BCUT2D eigenvalue weighted by atomic mass is 16.2. The maximum Gasteiger partial charge on any atom is 0.222 e. The molecular weight excluding hydrogens is 610 g/mol. The van der Waals surface area contributed by atoms with Crippen LogP contribution >= 0.6 is 0 Å². The summed E-state index contributed by atoms with van der Waals surface area (Å²) >= 11 is 0. The lowest BCUT2D eigenvalue weighted by Crippen LogP contribution is -2.44. The quantitative estimate of drug-likeness (QED) is 0.0827. The number of carbonyl (C=O) groups is 9. The third kappa shape index (κ3) is 24.1. The molecule has 0 rings (SSSR count). The predicted octanol–water partition coefficient (Wildman–Crippen LogP) is 1.02. The summed E-state index contributed by atoms with van der Waals surface area (Å²) in [4.78, 5) is 109. The third-order valence-electron chi connectivity index (χ3n) is 7.16. The van der Waals surface area contributed by atoms with Gasteiger partial charge in [0.2, 0.25) is 23.6 Å². The van der Waals surface area contributed by atoms with E-state index < -0.39 is 29.9 Å². The van der Waals surface area contributed by atoms with Crippen molar-refractivity contribution < 1.29 is 43.2 Å². The lowest BCUT2D eigenvalue weighted by molar-refractivity contribution is -0.127. The fourth-order valence-electron chi connectivity index (χ4n) is 5.30. The summed E-state index contributed by atoms with van der Waals surface area (Å²) < 4.78 is 0. The Hall–Kier alpha value is -3.81. The second-order valence-electron chi connectivity index (χ2n) is 12.7. The van der Waals surface area contributed by atoms with Gasteiger partial charge in [-0.3, -0.25) is 38.4 Å². The van der Waals surface area contributed by atoms with Crippen LogP contribution < -0.4 is 26.6 Å². The number of amides is 4. The molecular formula is C33H55N5O9. The fraction of sp³-hybridized carbons (Fsp3) is 0.727. The van der Waals surface area contributed by atoms with Crippen molar-refractivity contribution in [2.45, 2.75) is 136 Å². The lowest BCUT2D eigenvalue weighted by Gasteiger charge is -2.22. The van der Waals surface area contributed by atoms with Crippen LogP contribution in [0.2, 0.25) is 0 Å². The Morgan fingerprint density at radius 3 is 1.26 bits per heavy atom. The number of hydrogen-bond acceptors (Lipinski definition) is 10. The molecule has 5 unspecified atom stereocenters. The highest BCUT2D eigenvalue weighted by Crippen LogP contribution is 2.11. The SMILES string of the molecule is CNC(CC(C)=O)CC(=O)NC(CC(C)=O)CC(=O)NCCCC(CC(C)=O)NC(=O)CC(CC(C)=O)NC(=O)CC(C)CC(C)=O. The summed E-state index contributed by atoms with van der Waals surface area (Å²) in [5, 5.41) is 13.9. The molecule has 0 heterocycles. The van der Waals surface area contributed by atoms with Crippen molar-refractivity contribution in [3.8, 4) is 0 Å². The Labute approximate surface area is 278 Å². The molecule has 0 aliphatic carbocycles. The van der Waals surface area contributed by atoms with Gasteiger partial charge in [-0.25, -0.2) is 0 Å². The number of hydrogen-bond donors (Lipinski definition) is 5. The van der Waals surface area contributed by atoms with Crippen LogP contribution in [0, 0.1) is 5.92 Å². The summed E-state index contributed by atoms with van der Waals surface area (Å²) in [5.41, 5.74) is 0. The molecule has 4 amide bonds. The van der Waals surface area contributed by atoms with Crippen LogP contribution in [-0.2, 0) is 43.2 Å². The van der Waals surface area contributed by atoms with Crippen LogP contribution in [0.15, 0.2) is 0 Å². The molecule has 14 heteroatoms. The minimum absolute atomic E-state index is 0.0115. The number of rotatable bonds is 26. The Kier molecular flexibility index (Phi) is 21.6. The molecule has 0 aliphatic heterocycles. The summed E-state index contributed by atoms with van der Waals surface area (Å²) in [6.45, 7) is 8.96. The molecule has 266 valence electrons. The maximum absolute atomic E-state index is 12.9. The smallest absolute Gasteiger partial charge is 0.222 e. The van der Waals surface area contributed by atoms with Crippen molar-refractivity contribution in [3.63, 3.8) is 0 Å². The highest BCUT2D eigenvalue weighted by Gasteiger charge is 2.23. The molecule has 14 nitrogen and oxygen atoms in total. The molecule has 0 bridgehead atoms. The molecule has 47 heavy (non-hydrogen) atoms. The van der Waals surface area contributed by atoms with Crippen molar-refractivity contribution >= 4 is 52.5 Å². The van der Waals surface area contributed by atoms with Gasteiger partial charge in [-0.05, 0) is 60.4 Å². The van der Waals surface area contributed by atoms with Gasteiger partial charge in [0.25, 0.3) is 0 Å².